The smallest absolute Gasteiger partial charge is 0.223 e. The molecule has 0 aliphatic carbocycles. The number of hydrogen-bond donors (Lipinski definition) is 3. The summed E-state index contributed by atoms with van der Waals surface area (Å²) in [5.41, 5.74) is 12.8. The molecule has 1 aromatic heterocycles. The molecule has 1 fully saturated rings. The van der Waals surface area contributed by atoms with Gasteiger partial charge < -0.3 is 21.1 Å². The molecule has 1 aliphatic heterocycles. The molecule has 0 bridgehead atoms. The number of allylic oxidation sites excluding steroid dienone is 1. The van der Waals surface area contributed by atoms with Crippen LogP contribution in [0, 0.1) is 12.3 Å². The summed E-state index contributed by atoms with van der Waals surface area (Å²) in [7, 11) is 0. The molecule has 1 aliphatic rings. The van der Waals surface area contributed by atoms with E-state index in [1.54, 1.807) is 16.2 Å². The highest BCUT2D eigenvalue weighted by Crippen LogP contribution is 2.27. The van der Waals surface area contributed by atoms with E-state index in [1.165, 1.54) is 16.0 Å². The van der Waals surface area contributed by atoms with Crippen molar-refractivity contribution in [2.45, 2.75) is 86.3 Å². The number of aromatic nitrogens is 1. The minimum Gasteiger partial charge on any atom is -0.403 e. The average Bonchev–Trinajstić information content (AvgIpc) is 3.61. The van der Waals surface area contributed by atoms with E-state index in [9.17, 15) is 14.7 Å². The van der Waals surface area contributed by atoms with Crippen molar-refractivity contribution in [3.8, 4) is 10.4 Å². The highest BCUT2D eigenvalue weighted by atomic mass is 32.1. The maximum absolute atomic E-state index is 11.6. The molecule has 236 valence electrons. The van der Waals surface area contributed by atoms with Gasteiger partial charge in [0.05, 0.1) is 22.2 Å². The van der Waals surface area contributed by atoms with Crippen LogP contribution in [0.4, 0.5) is 0 Å². The molecule has 0 saturated carbocycles. The number of aryl methyl sites for hydroxylation is 2. The van der Waals surface area contributed by atoms with Gasteiger partial charge in [-0.2, -0.15) is 0 Å². The molecule has 1 unspecified atom stereocenters. The van der Waals surface area contributed by atoms with E-state index >= 15 is 0 Å². The number of nitrogens with one attached hydrogen (secondary N) is 1. The zero-order valence-corrected chi connectivity index (χ0v) is 27.8. The molecule has 7 nitrogen and oxygen atoms in total. The fourth-order valence-corrected chi connectivity index (χ4v) is 5.02. The number of carbonyl (C=O) groups excluding carboxylic acids is 2. The van der Waals surface area contributed by atoms with Crippen LogP contribution in [-0.2, 0) is 22.6 Å². The number of rotatable bonds is 9. The van der Waals surface area contributed by atoms with Crippen LogP contribution in [0.3, 0.4) is 0 Å². The van der Waals surface area contributed by atoms with Gasteiger partial charge in [-0.05, 0) is 54.7 Å². The van der Waals surface area contributed by atoms with Crippen molar-refractivity contribution in [3.05, 3.63) is 89.2 Å². The summed E-state index contributed by atoms with van der Waals surface area (Å²) in [5, 5.41) is 11.9. The number of aliphatic hydroxyl groups is 1. The van der Waals surface area contributed by atoms with E-state index in [4.69, 9.17) is 5.73 Å². The van der Waals surface area contributed by atoms with E-state index in [-0.39, 0.29) is 17.4 Å². The van der Waals surface area contributed by atoms with Crippen LogP contribution in [0.15, 0.2) is 72.4 Å². The molecule has 2 aromatic carbocycles. The number of likely N-dealkylation sites (tertiary alicyclic amines) is 1. The largest absolute Gasteiger partial charge is 0.403 e. The number of β-amino-alcohol motifs (C(OH)–C–C–N with tert-alkyl or cyclic N) is 1. The van der Waals surface area contributed by atoms with Gasteiger partial charge in [0.15, 0.2) is 0 Å². The van der Waals surface area contributed by atoms with Gasteiger partial charge in [0.1, 0.15) is 0 Å². The average molecular weight is 609 g/mol. The summed E-state index contributed by atoms with van der Waals surface area (Å²) >= 11 is 1.64. The predicted octanol–water partition coefficient (Wildman–Crippen LogP) is 6.89. The number of hydrogen-bond acceptors (Lipinski definition) is 6. The van der Waals surface area contributed by atoms with Crippen LogP contribution in [0.1, 0.15) is 77.1 Å². The van der Waals surface area contributed by atoms with E-state index in [2.05, 4.69) is 74.0 Å². The van der Waals surface area contributed by atoms with Gasteiger partial charge in [0.2, 0.25) is 12.3 Å². The Balaban J connectivity index is 0.000000317. The normalized spacial score (nSPS) is 13.7. The second-order valence-corrected chi connectivity index (χ2v) is 12.3. The van der Waals surface area contributed by atoms with Crippen molar-refractivity contribution in [2.75, 3.05) is 13.1 Å². The highest BCUT2D eigenvalue weighted by molar-refractivity contribution is 7.13. The van der Waals surface area contributed by atoms with Gasteiger partial charge in [-0.1, -0.05) is 95.8 Å². The summed E-state index contributed by atoms with van der Waals surface area (Å²) in [6.07, 6.45) is 4.83. The molecule has 8 heteroatoms. The third-order valence-corrected chi connectivity index (χ3v) is 7.33. The van der Waals surface area contributed by atoms with E-state index in [0.717, 1.165) is 49.2 Å². The van der Waals surface area contributed by atoms with Crippen LogP contribution in [0.25, 0.3) is 10.4 Å². The van der Waals surface area contributed by atoms with E-state index < -0.39 is 0 Å². The maximum Gasteiger partial charge on any atom is 0.223 e. The number of thiazole rings is 1. The van der Waals surface area contributed by atoms with Crippen molar-refractivity contribution in [1.29, 1.82) is 0 Å². The molecule has 2 amide bonds. The minimum atomic E-state index is -0.302. The molecule has 43 heavy (non-hydrogen) atoms. The Morgan fingerprint density at radius 3 is 2.28 bits per heavy atom. The molecule has 0 spiro atoms. The Labute approximate surface area is 263 Å². The zero-order chi connectivity index (χ0) is 32.3. The Morgan fingerprint density at radius 1 is 1.14 bits per heavy atom. The molecule has 0 radical (unpaired) electrons. The number of nitrogens with two attached hydrogens (primary N) is 1. The zero-order valence-electron chi connectivity index (χ0n) is 26.9. The predicted molar refractivity (Wildman–Crippen MR) is 181 cm³/mol. The Kier molecular flexibility index (Phi) is 17.8. The third-order valence-electron chi connectivity index (χ3n) is 6.35. The first-order valence-corrected chi connectivity index (χ1v) is 16.0. The molecular weight excluding hydrogens is 556 g/mol. The molecule has 3 aromatic rings. The maximum atomic E-state index is 11.6. The monoisotopic (exact) mass is 608 g/mol. The minimum absolute atomic E-state index is 0.0463. The van der Waals surface area contributed by atoms with Crippen molar-refractivity contribution < 1.29 is 14.7 Å². The first-order valence-electron chi connectivity index (χ1n) is 15.1. The summed E-state index contributed by atoms with van der Waals surface area (Å²) in [6.45, 7) is 17.6. The lowest BCUT2D eigenvalue weighted by Crippen LogP contribution is -2.32. The quantitative estimate of drug-likeness (QED) is 0.229. The molecular formula is C35H52N4O3S. The highest BCUT2D eigenvalue weighted by Gasteiger charge is 2.27. The molecule has 2 heterocycles. The second kappa shape index (κ2) is 20.4. The lowest BCUT2D eigenvalue weighted by atomic mass is 9.92. The van der Waals surface area contributed by atoms with Gasteiger partial charge in [0.25, 0.3) is 0 Å². The molecule has 4 N–H and O–H groups in total. The number of carbonyl (C=O) groups is 2. The first-order chi connectivity index (χ1) is 20.5. The van der Waals surface area contributed by atoms with Gasteiger partial charge in [0, 0.05) is 31.8 Å². The molecule has 4 rings (SSSR count). The SMILES string of the molecule is C=C(N)CCCc1ccccc1.CC.CC(C)(C)CC(=O)N1CCC(O)C1.Cc1ncsc1-c1ccc(CNC=O)cc1. The van der Waals surface area contributed by atoms with E-state index in [0.29, 0.717) is 25.9 Å². The lowest BCUT2D eigenvalue weighted by Gasteiger charge is -2.22. The fraction of sp³-hybridized carbons (Fsp3) is 0.457. The van der Waals surface area contributed by atoms with Crippen LogP contribution in [0.5, 0.6) is 0 Å². The standard InChI is InChI=1S/C12H12N2OS.C11H15N.C10H19NO2.C2H6/c1-9-12(16-8-14-9)11-4-2-10(3-5-11)6-13-7-15;1-10(12)6-5-9-11-7-3-2-4-8-11;1-10(2,3)6-9(13)11-5-4-8(12)7-11;1-2/h2-5,7-8H,6H2,1H3,(H,13,15);2-4,7-8H,1,5-6,9,12H2;8,12H,4-7H2,1-3H3;1-2H3. The van der Waals surface area contributed by atoms with Gasteiger partial charge in [-0.25, -0.2) is 4.98 Å². The summed E-state index contributed by atoms with van der Waals surface area (Å²) in [5.74, 6) is 0.170. The third kappa shape index (κ3) is 16.1. The molecule has 1 saturated heterocycles. The molecule has 1 atom stereocenters. The van der Waals surface area contributed by atoms with Crippen LogP contribution < -0.4 is 11.1 Å². The Bertz CT molecular complexity index is 1200. The van der Waals surface area contributed by atoms with Gasteiger partial charge in [-0.15, -0.1) is 11.3 Å². The first kappa shape index (κ1) is 37.5. The number of aliphatic hydroxyl groups excluding tert-OH is 1. The van der Waals surface area contributed by atoms with Crippen molar-refractivity contribution in [3.63, 3.8) is 0 Å². The summed E-state index contributed by atoms with van der Waals surface area (Å²) in [6, 6.07) is 18.6. The number of benzene rings is 2. The van der Waals surface area contributed by atoms with Crippen LogP contribution in [-0.4, -0.2) is 46.5 Å². The van der Waals surface area contributed by atoms with Gasteiger partial charge in [-0.3, -0.25) is 9.59 Å². The number of amides is 2. The van der Waals surface area contributed by atoms with Crippen LogP contribution in [0.2, 0.25) is 0 Å². The summed E-state index contributed by atoms with van der Waals surface area (Å²) < 4.78 is 0. The van der Waals surface area contributed by atoms with Crippen molar-refractivity contribution in [1.82, 2.24) is 15.2 Å². The van der Waals surface area contributed by atoms with Crippen molar-refractivity contribution in [2.24, 2.45) is 11.1 Å². The van der Waals surface area contributed by atoms with Gasteiger partial charge >= 0.3 is 0 Å². The van der Waals surface area contributed by atoms with Crippen LogP contribution >= 0.6 is 11.3 Å². The number of nitrogens with zero attached hydrogens (tertiary/aromatic N) is 2. The second-order valence-electron chi connectivity index (χ2n) is 11.5. The Morgan fingerprint density at radius 2 is 1.79 bits per heavy atom. The van der Waals surface area contributed by atoms with E-state index in [1.807, 2.05) is 44.5 Å². The topological polar surface area (TPSA) is 109 Å². The lowest BCUT2D eigenvalue weighted by molar-refractivity contribution is -0.132. The fourth-order valence-electron chi connectivity index (χ4n) is 4.21. The summed E-state index contributed by atoms with van der Waals surface area (Å²) in [4.78, 5) is 29.0. The Hall–Kier alpha value is -3.49. The van der Waals surface area contributed by atoms with Crippen molar-refractivity contribution >= 4 is 23.7 Å².